The van der Waals surface area contributed by atoms with E-state index in [2.05, 4.69) is 0 Å². The molecule has 22 heavy (non-hydrogen) atoms. The van der Waals surface area contributed by atoms with Gasteiger partial charge in [-0.25, -0.2) is 0 Å². The second-order valence-electron chi connectivity index (χ2n) is 4.91. The standard InChI is InChI=1S/C12H30O4S4Si2/c1-13-9(14-2)5-7-11(21)17-19-20-18-12(22)8-6-10(15-3)16-4/h9-12H,5-8H2,1-4,21-22H3. The summed E-state index contributed by atoms with van der Waals surface area (Å²) in [5.41, 5.74) is 0. The van der Waals surface area contributed by atoms with Crippen LogP contribution in [0.2, 0.25) is 0 Å². The van der Waals surface area contributed by atoms with Crippen molar-refractivity contribution in [2.24, 2.45) is 0 Å². The van der Waals surface area contributed by atoms with Crippen molar-refractivity contribution < 1.29 is 18.9 Å². The molecule has 134 valence electrons. The van der Waals surface area contributed by atoms with E-state index in [0.717, 1.165) is 35.4 Å². The van der Waals surface area contributed by atoms with E-state index in [1.54, 1.807) is 28.4 Å². The third-order valence-electron chi connectivity index (χ3n) is 3.10. The molecule has 0 aliphatic rings. The molecule has 0 amide bonds. The Kier molecular flexibility index (Phi) is 17.4. The Hall–Kier alpha value is 1.67. The van der Waals surface area contributed by atoms with Crippen LogP contribution >= 0.6 is 41.2 Å². The predicted molar refractivity (Wildman–Crippen MR) is 112 cm³/mol. The summed E-state index contributed by atoms with van der Waals surface area (Å²) in [4.78, 5) is 1.48. The van der Waals surface area contributed by atoms with Crippen LogP contribution in [-0.4, -0.2) is 71.3 Å². The van der Waals surface area contributed by atoms with Crippen molar-refractivity contribution in [1.82, 2.24) is 0 Å². The minimum Gasteiger partial charge on any atom is -0.356 e. The largest absolute Gasteiger partial charge is 0.356 e. The first-order valence-electron chi connectivity index (χ1n) is 7.33. The molecule has 4 nitrogen and oxygen atoms in total. The van der Waals surface area contributed by atoms with Gasteiger partial charge in [0, 0.05) is 58.7 Å². The normalized spacial score (nSPS) is 15.0. The Morgan fingerprint density at radius 3 is 1.23 bits per heavy atom. The van der Waals surface area contributed by atoms with E-state index in [-0.39, 0.29) is 12.6 Å². The third-order valence-corrected chi connectivity index (χ3v) is 15.1. The number of ether oxygens (including phenoxy) is 4. The zero-order valence-electron chi connectivity index (χ0n) is 14.4. The van der Waals surface area contributed by atoms with Crippen LogP contribution in [0.3, 0.4) is 0 Å². The number of rotatable bonds is 15. The van der Waals surface area contributed by atoms with Crippen LogP contribution in [0.5, 0.6) is 0 Å². The lowest BCUT2D eigenvalue weighted by molar-refractivity contribution is -0.106. The summed E-state index contributed by atoms with van der Waals surface area (Å²) in [6.45, 7) is 0. The molecule has 0 saturated heterocycles. The highest BCUT2D eigenvalue weighted by atomic mass is 33.7. The molecular formula is C12H30O4S4Si2. The molecule has 0 bridgehead atoms. The van der Waals surface area contributed by atoms with Gasteiger partial charge in [0.1, 0.15) is 0 Å². The fourth-order valence-corrected chi connectivity index (χ4v) is 13.7. The zero-order chi connectivity index (χ0) is 16.8. The predicted octanol–water partition coefficient (Wildman–Crippen LogP) is 1.85. The van der Waals surface area contributed by atoms with E-state index in [9.17, 15) is 0 Å². The summed E-state index contributed by atoms with van der Waals surface area (Å²) in [6.07, 6.45) is 4.18. The Morgan fingerprint density at radius 1 is 0.636 bits per heavy atom. The lowest BCUT2D eigenvalue weighted by Crippen LogP contribution is -2.15. The van der Waals surface area contributed by atoms with E-state index in [1.807, 2.05) is 41.2 Å². The van der Waals surface area contributed by atoms with Crippen molar-refractivity contribution in [3.63, 3.8) is 0 Å². The second kappa shape index (κ2) is 16.2. The molecule has 0 heterocycles. The van der Waals surface area contributed by atoms with Gasteiger partial charge in [0.2, 0.25) is 0 Å². The number of hydrogen-bond donors (Lipinski definition) is 0. The highest BCUT2D eigenvalue weighted by molar-refractivity contribution is 9.26. The van der Waals surface area contributed by atoms with Crippen molar-refractivity contribution in [2.45, 2.75) is 48.0 Å². The fraction of sp³-hybridized carbons (Fsp3) is 1.00. The van der Waals surface area contributed by atoms with Gasteiger partial charge < -0.3 is 18.9 Å². The molecular weight excluding hydrogens is 393 g/mol. The van der Waals surface area contributed by atoms with Crippen LogP contribution in [-0.2, 0) is 18.9 Å². The van der Waals surface area contributed by atoms with Gasteiger partial charge in [-0.3, -0.25) is 0 Å². The summed E-state index contributed by atoms with van der Waals surface area (Å²) in [6, 6.07) is 0. The van der Waals surface area contributed by atoms with E-state index >= 15 is 0 Å². The average molecular weight is 423 g/mol. The first-order valence-corrected chi connectivity index (χ1v) is 14.6. The highest BCUT2D eigenvalue weighted by Crippen LogP contribution is 2.47. The van der Waals surface area contributed by atoms with Crippen molar-refractivity contribution >= 4 is 61.7 Å². The molecule has 0 rings (SSSR count). The van der Waals surface area contributed by atoms with Crippen molar-refractivity contribution in [2.75, 3.05) is 28.4 Å². The summed E-state index contributed by atoms with van der Waals surface area (Å²) in [5, 5.41) is 0. The van der Waals surface area contributed by atoms with E-state index in [1.165, 1.54) is 20.5 Å². The average Bonchev–Trinajstić information content (AvgIpc) is 2.53. The number of hydrogen-bond acceptors (Lipinski definition) is 8. The van der Waals surface area contributed by atoms with Crippen molar-refractivity contribution in [1.29, 1.82) is 0 Å². The van der Waals surface area contributed by atoms with E-state index in [0.29, 0.717) is 0 Å². The van der Waals surface area contributed by atoms with Gasteiger partial charge in [0.05, 0.1) is 0 Å². The first-order chi connectivity index (χ1) is 10.6. The SMILES string of the molecule is COC(CCC([SiH3])SSSSC([SiH3])CCC(OC)OC)OC. The van der Waals surface area contributed by atoms with Gasteiger partial charge in [0.25, 0.3) is 0 Å². The Morgan fingerprint density at radius 2 is 0.955 bits per heavy atom. The Balaban J connectivity index is 3.58. The summed E-state index contributed by atoms with van der Waals surface area (Å²) >= 11 is 0. The van der Waals surface area contributed by atoms with Crippen LogP contribution in [0, 0.1) is 0 Å². The lowest BCUT2D eigenvalue weighted by atomic mass is 10.3. The molecule has 0 aromatic carbocycles. The summed E-state index contributed by atoms with van der Waals surface area (Å²) in [7, 11) is 17.0. The first kappa shape index (κ1) is 23.7. The maximum Gasteiger partial charge on any atom is 0.156 e. The smallest absolute Gasteiger partial charge is 0.156 e. The molecule has 0 aliphatic carbocycles. The molecule has 0 fully saturated rings. The molecule has 0 radical (unpaired) electrons. The van der Waals surface area contributed by atoms with Crippen LogP contribution in [0.25, 0.3) is 0 Å². The van der Waals surface area contributed by atoms with Crippen molar-refractivity contribution in [3.05, 3.63) is 0 Å². The zero-order valence-corrected chi connectivity index (χ0v) is 21.7. The molecule has 0 aromatic heterocycles. The second-order valence-corrected chi connectivity index (χ2v) is 16.1. The van der Waals surface area contributed by atoms with Gasteiger partial charge in [-0.2, -0.15) is 0 Å². The lowest BCUT2D eigenvalue weighted by Gasteiger charge is -2.17. The molecule has 0 aromatic rings. The molecule has 0 aliphatic heterocycles. The summed E-state index contributed by atoms with van der Waals surface area (Å²) in [5.74, 6) is 0. The van der Waals surface area contributed by atoms with Crippen LogP contribution in [0.15, 0.2) is 0 Å². The maximum atomic E-state index is 5.22. The van der Waals surface area contributed by atoms with Gasteiger partial charge in [0.15, 0.2) is 12.6 Å². The fourth-order valence-electron chi connectivity index (χ4n) is 1.67. The van der Waals surface area contributed by atoms with E-state index in [4.69, 9.17) is 18.9 Å². The van der Waals surface area contributed by atoms with Gasteiger partial charge in [-0.05, 0) is 45.3 Å². The van der Waals surface area contributed by atoms with Gasteiger partial charge in [-0.15, -0.1) is 0 Å². The minimum atomic E-state index is -0.0513. The molecule has 0 spiro atoms. The van der Waals surface area contributed by atoms with Crippen LogP contribution in [0.4, 0.5) is 0 Å². The molecule has 2 unspecified atom stereocenters. The molecule has 10 heteroatoms. The van der Waals surface area contributed by atoms with E-state index < -0.39 is 0 Å². The quantitative estimate of drug-likeness (QED) is 0.171. The third kappa shape index (κ3) is 13.0. The van der Waals surface area contributed by atoms with Crippen LogP contribution in [0.1, 0.15) is 25.7 Å². The van der Waals surface area contributed by atoms with Gasteiger partial charge >= 0.3 is 0 Å². The monoisotopic (exact) mass is 422 g/mol. The molecule has 2 atom stereocenters. The topological polar surface area (TPSA) is 36.9 Å². The maximum absolute atomic E-state index is 5.22. The minimum absolute atomic E-state index is 0.0513. The van der Waals surface area contributed by atoms with Crippen LogP contribution < -0.4 is 0 Å². The molecule has 0 saturated carbocycles. The molecule has 0 N–H and O–H groups in total. The Labute approximate surface area is 156 Å². The summed E-state index contributed by atoms with van der Waals surface area (Å²) < 4.78 is 20.9. The van der Waals surface area contributed by atoms with Gasteiger partial charge in [-0.1, -0.05) is 21.6 Å². The Bertz CT molecular complexity index is 225. The highest BCUT2D eigenvalue weighted by Gasteiger charge is 2.12. The van der Waals surface area contributed by atoms with Crippen molar-refractivity contribution in [3.8, 4) is 0 Å². The number of methoxy groups -OCH3 is 4.